The van der Waals surface area contributed by atoms with Gasteiger partial charge in [-0.1, -0.05) is 36.4 Å². The minimum absolute atomic E-state index is 0.315. The van der Waals surface area contributed by atoms with Crippen molar-refractivity contribution in [3.8, 4) is 34.5 Å². The van der Waals surface area contributed by atoms with Gasteiger partial charge in [0.15, 0.2) is 17.2 Å². The standard InChI is InChI=1S/C29H28O5/c1-33-24-13-9-20(10-14-24)5-7-22-3-2-4-26(17-22)34-25-15-11-21(12-16-25)6-8-23-18-27(30)29(32)28(31)19-23/h2-4,9-19,30-32H,5-8H2,1H3. The van der Waals surface area contributed by atoms with Gasteiger partial charge in [-0.25, -0.2) is 0 Å². The summed E-state index contributed by atoms with van der Waals surface area (Å²) < 4.78 is 11.3. The Bertz CT molecular complexity index is 1210. The molecule has 0 fully saturated rings. The summed E-state index contributed by atoms with van der Waals surface area (Å²) in [5.74, 6) is 1.31. The molecule has 0 aliphatic rings. The average molecular weight is 457 g/mol. The zero-order valence-corrected chi connectivity index (χ0v) is 19.1. The molecule has 0 bridgehead atoms. The topological polar surface area (TPSA) is 79.2 Å². The van der Waals surface area contributed by atoms with Crippen molar-refractivity contribution in [1.29, 1.82) is 0 Å². The molecule has 0 aromatic heterocycles. The Morgan fingerprint density at radius 2 is 1.06 bits per heavy atom. The maximum atomic E-state index is 9.65. The van der Waals surface area contributed by atoms with Crippen molar-refractivity contribution in [2.24, 2.45) is 0 Å². The van der Waals surface area contributed by atoms with Crippen LogP contribution < -0.4 is 9.47 Å². The molecule has 0 heterocycles. The van der Waals surface area contributed by atoms with Crippen LogP contribution in [0.25, 0.3) is 0 Å². The molecule has 0 saturated heterocycles. The van der Waals surface area contributed by atoms with E-state index in [0.717, 1.165) is 47.6 Å². The Balaban J connectivity index is 1.32. The molecule has 0 amide bonds. The fourth-order valence-electron chi connectivity index (χ4n) is 3.80. The van der Waals surface area contributed by atoms with Gasteiger partial charge in [-0.05, 0) is 96.5 Å². The normalized spacial score (nSPS) is 10.7. The zero-order chi connectivity index (χ0) is 23.9. The predicted octanol–water partition coefficient (Wildman–Crippen LogP) is 6.17. The highest BCUT2D eigenvalue weighted by molar-refractivity contribution is 5.51. The molecule has 4 aromatic rings. The van der Waals surface area contributed by atoms with Crippen LogP contribution in [-0.2, 0) is 25.7 Å². The number of benzene rings is 4. The monoisotopic (exact) mass is 456 g/mol. The van der Waals surface area contributed by atoms with E-state index in [4.69, 9.17) is 9.47 Å². The van der Waals surface area contributed by atoms with Crippen LogP contribution in [0.3, 0.4) is 0 Å². The van der Waals surface area contributed by atoms with E-state index in [0.29, 0.717) is 6.42 Å². The lowest BCUT2D eigenvalue weighted by Crippen LogP contribution is -1.94. The van der Waals surface area contributed by atoms with E-state index in [-0.39, 0.29) is 11.5 Å². The van der Waals surface area contributed by atoms with E-state index in [1.54, 1.807) is 7.11 Å². The molecule has 4 rings (SSSR count). The van der Waals surface area contributed by atoms with E-state index in [1.807, 2.05) is 48.5 Å². The third-order valence-corrected chi connectivity index (χ3v) is 5.75. The highest BCUT2D eigenvalue weighted by Crippen LogP contribution is 2.35. The fraction of sp³-hybridized carbons (Fsp3) is 0.172. The number of phenolic OH excluding ortho intramolecular Hbond substituents is 3. The molecule has 0 atom stereocenters. The van der Waals surface area contributed by atoms with Crippen LogP contribution in [-0.4, -0.2) is 22.4 Å². The van der Waals surface area contributed by atoms with Crippen LogP contribution in [0.5, 0.6) is 34.5 Å². The Hall–Kier alpha value is -4.12. The van der Waals surface area contributed by atoms with Gasteiger partial charge >= 0.3 is 0 Å². The largest absolute Gasteiger partial charge is 0.504 e. The first-order valence-corrected chi connectivity index (χ1v) is 11.2. The van der Waals surface area contributed by atoms with Crippen LogP contribution >= 0.6 is 0 Å². The van der Waals surface area contributed by atoms with Crippen molar-refractivity contribution >= 4 is 0 Å². The molecule has 0 aliphatic carbocycles. The van der Waals surface area contributed by atoms with Crippen molar-refractivity contribution in [3.05, 3.63) is 107 Å². The number of methoxy groups -OCH3 is 1. The van der Waals surface area contributed by atoms with Crippen LogP contribution in [0.15, 0.2) is 84.9 Å². The van der Waals surface area contributed by atoms with Gasteiger partial charge in [-0.3, -0.25) is 0 Å². The molecule has 0 saturated carbocycles. The minimum atomic E-state index is -0.491. The highest BCUT2D eigenvalue weighted by Gasteiger charge is 2.08. The van der Waals surface area contributed by atoms with Crippen LogP contribution in [0, 0.1) is 0 Å². The van der Waals surface area contributed by atoms with Crippen molar-refractivity contribution in [2.45, 2.75) is 25.7 Å². The molecule has 0 radical (unpaired) electrons. The van der Waals surface area contributed by atoms with Gasteiger partial charge in [0.25, 0.3) is 0 Å². The Labute approximate surface area is 199 Å². The lowest BCUT2D eigenvalue weighted by molar-refractivity contribution is 0.367. The predicted molar refractivity (Wildman–Crippen MR) is 132 cm³/mol. The second-order valence-electron chi connectivity index (χ2n) is 8.22. The van der Waals surface area contributed by atoms with Gasteiger partial charge in [0.2, 0.25) is 0 Å². The van der Waals surface area contributed by atoms with E-state index in [1.165, 1.54) is 23.3 Å². The quantitative estimate of drug-likeness (QED) is 0.262. The smallest absolute Gasteiger partial charge is 0.200 e. The Morgan fingerprint density at radius 1 is 0.529 bits per heavy atom. The molecule has 0 spiro atoms. The number of phenols is 3. The van der Waals surface area contributed by atoms with Crippen molar-refractivity contribution in [3.63, 3.8) is 0 Å². The maximum absolute atomic E-state index is 9.65. The summed E-state index contributed by atoms with van der Waals surface area (Å²) >= 11 is 0. The first kappa shape index (κ1) is 23.1. The number of hydrogen-bond acceptors (Lipinski definition) is 5. The summed E-state index contributed by atoms with van der Waals surface area (Å²) in [6.45, 7) is 0. The van der Waals surface area contributed by atoms with Crippen LogP contribution in [0.1, 0.15) is 22.3 Å². The SMILES string of the molecule is COc1ccc(CCc2cccc(Oc3ccc(CCc4cc(O)c(O)c(O)c4)cc3)c2)cc1. The molecule has 0 unspecified atom stereocenters. The summed E-state index contributed by atoms with van der Waals surface area (Å²) in [4.78, 5) is 0. The van der Waals surface area contributed by atoms with Crippen molar-refractivity contribution in [1.82, 2.24) is 0 Å². The molecule has 174 valence electrons. The summed E-state index contributed by atoms with van der Waals surface area (Å²) in [5, 5.41) is 28.8. The Morgan fingerprint density at radius 3 is 1.65 bits per heavy atom. The van der Waals surface area contributed by atoms with E-state index >= 15 is 0 Å². The third kappa shape index (κ3) is 6.01. The first-order valence-electron chi connectivity index (χ1n) is 11.2. The molecule has 3 N–H and O–H groups in total. The second-order valence-corrected chi connectivity index (χ2v) is 8.22. The lowest BCUT2D eigenvalue weighted by atomic mass is 10.0. The second kappa shape index (κ2) is 10.7. The highest BCUT2D eigenvalue weighted by atomic mass is 16.5. The van der Waals surface area contributed by atoms with Crippen molar-refractivity contribution < 1.29 is 24.8 Å². The van der Waals surface area contributed by atoms with Crippen LogP contribution in [0.2, 0.25) is 0 Å². The number of aryl methyl sites for hydroxylation is 4. The van der Waals surface area contributed by atoms with Gasteiger partial charge in [0.05, 0.1) is 7.11 Å². The molecule has 34 heavy (non-hydrogen) atoms. The van der Waals surface area contributed by atoms with Crippen molar-refractivity contribution in [2.75, 3.05) is 7.11 Å². The minimum Gasteiger partial charge on any atom is -0.504 e. The maximum Gasteiger partial charge on any atom is 0.200 e. The summed E-state index contributed by atoms with van der Waals surface area (Å²) in [6, 6.07) is 27.1. The summed E-state index contributed by atoms with van der Waals surface area (Å²) in [7, 11) is 1.67. The van der Waals surface area contributed by atoms with E-state index in [2.05, 4.69) is 24.3 Å². The molecular formula is C29H28O5. The van der Waals surface area contributed by atoms with Crippen LogP contribution in [0.4, 0.5) is 0 Å². The molecule has 4 aromatic carbocycles. The first-order chi connectivity index (χ1) is 16.5. The van der Waals surface area contributed by atoms with Gasteiger partial charge < -0.3 is 24.8 Å². The number of aromatic hydroxyl groups is 3. The number of rotatable bonds is 9. The van der Waals surface area contributed by atoms with Gasteiger partial charge in [-0.2, -0.15) is 0 Å². The zero-order valence-electron chi connectivity index (χ0n) is 19.1. The molecular weight excluding hydrogens is 428 g/mol. The van der Waals surface area contributed by atoms with Gasteiger partial charge in [0, 0.05) is 0 Å². The number of hydrogen-bond donors (Lipinski definition) is 3. The Kier molecular flexibility index (Phi) is 7.23. The number of ether oxygens (including phenoxy) is 2. The molecule has 5 nitrogen and oxygen atoms in total. The summed E-state index contributed by atoms with van der Waals surface area (Å²) in [6.07, 6.45) is 3.21. The fourth-order valence-corrected chi connectivity index (χ4v) is 3.80. The van der Waals surface area contributed by atoms with E-state index in [9.17, 15) is 15.3 Å². The molecule has 0 aliphatic heterocycles. The third-order valence-electron chi connectivity index (χ3n) is 5.75. The lowest BCUT2D eigenvalue weighted by Gasteiger charge is -2.10. The van der Waals surface area contributed by atoms with Gasteiger partial charge in [0.1, 0.15) is 17.2 Å². The molecule has 5 heteroatoms. The van der Waals surface area contributed by atoms with E-state index < -0.39 is 5.75 Å². The van der Waals surface area contributed by atoms with Gasteiger partial charge in [-0.15, -0.1) is 0 Å². The average Bonchev–Trinajstić information content (AvgIpc) is 2.86. The summed E-state index contributed by atoms with van der Waals surface area (Å²) in [5.41, 5.74) is 4.33.